The summed E-state index contributed by atoms with van der Waals surface area (Å²) in [5, 5.41) is 11.3. The van der Waals surface area contributed by atoms with Gasteiger partial charge in [-0.15, -0.1) is 33.3 Å². The molecule has 0 fully saturated rings. The van der Waals surface area contributed by atoms with Gasteiger partial charge >= 0.3 is 0 Å². The number of hydrogen-bond donors (Lipinski definition) is 0. The molecule has 2 aromatic heterocycles. The van der Waals surface area contributed by atoms with Gasteiger partial charge in [0.25, 0.3) is 0 Å². The van der Waals surface area contributed by atoms with Crippen LogP contribution < -0.4 is 0 Å². The van der Waals surface area contributed by atoms with Crippen LogP contribution in [0.4, 0.5) is 0 Å². The maximum Gasteiger partial charge on any atom is 0.226 e. The molecule has 0 amide bonds. The monoisotopic (exact) mass is 327 g/mol. The van der Waals surface area contributed by atoms with Crippen molar-refractivity contribution in [2.24, 2.45) is 0 Å². The average Bonchev–Trinajstić information content (AvgIpc) is 3.06. The fraction of sp³-hybridized carbons (Fsp3) is 0.643. The highest BCUT2D eigenvalue weighted by atomic mass is 32.2. The van der Waals surface area contributed by atoms with Crippen molar-refractivity contribution < 1.29 is 9.15 Å². The van der Waals surface area contributed by atoms with E-state index >= 15 is 0 Å². The Kier molecular flexibility index (Phi) is 5.40. The first-order chi connectivity index (χ1) is 9.90. The fourth-order valence-corrected chi connectivity index (χ4v) is 3.24. The van der Waals surface area contributed by atoms with Crippen molar-refractivity contribution in [3.8, 4) is 0 Å². The molecule has 0 aromatic carbocycles. The van der Waals surface area contributed by atoms with Crippen molar-refractivity contribution in [1.82, 2.24) is 15.2 Å². The minimum absolute atomic E-state index is 0.0547. The number of ether oxygens (including phenoxy) is 1. The maximum absolute atomic E-state index is 5.67. The van der Waals surface area contributed by atoms with Gasteiger partial charge in [-0.2, -0.15) is 0 Å². The van der Waals surface area contributed by atoms with Crippen LogP contribution in [0.15, 0.2) is 9.80 Å². The minimum Gasteiger partial charge on any atom is -0.424 e. The van der Waals surface area contributed by atoms with Crippen LogP contribution in [0.2, 0.25) is 0 Å². The Morgan fingerprint density at radius 1 is 1.33 bits per heavy atom. The van der Waals surface area contributed by atoms with E-state index in [1.165, 1.54) is 0 Å². The summed E-state index contributed by atoms with van der Waals surface area (Å²) in [7, 11) is 1.70. The lowest BCUT2D eigenvalue weighted by molar-refractivity contribution is 0.119. The lowest BCUT2D eigenvalue weighted by Gasteiger charge is -2.10. The van der Waals surface area contributed by atoms with E-state index in [0.29, 0.717) is 17.5 Å². The van der Waals surface area contributed by atoms with Crippen LogP contribution in [0, 0.1) is 0 Å². The zero-order valence-electron chi connectivity index (χ0n) is 13.0. The first kappa shape index (κ1) is 16.5. The van der Waals surface area contributed by atoms with Gasteiger partial charge in [0.15, 0.2) is 0 Å². The largest absolute Gasteiger partial charge is 0.424 e. The van der Waals surface area contributed by atoms with Crippen LogP contribution in [-0.4, -0.2) is 22.3 Å². The van der Waals surface area contributed by atoms with Gasteiger partial charge in [-0.1, -0.05) is 20.8 Å². The molecule has 0 unspecified atom stereocenters. The van der Waals surface area contributed by atoms with E-state index in [0.717, 1.165) is 16.5 Å². The third kappa shape index (κ3) is 4.52. The Morgan fingerprint density at radius 2 is 2.10 bits per heavy atom. The van der Waals surface area contributed by atoms with E-state index in [9.17, 15) is 0 Å². The highest BCUT2D eigenvalue weighted by Gasteiger charge is 2.21. The molecule has 116 valence electrons. The Labute approximate surface area is 133 Å². The number of methoxy groups -OCH3 is 1. The SMILES string of the molecule is CO[C@H](C)c1nc(CSCc2nnc(C(C)(C)C)o2)cs1. The number of rotatable bonds is 6. The second-order valence-electron chi connectivity index (χ2n) is 5.80. The lowest BCUT2D eigenvalue weighted by atomic mass is 9.97. The summed E-state index contributed by atoms with van der Waals surface area (Å²) >= 11 is 3.36. The van der Waals surface area contributed by atoms with E-state index in [1.807, 2.05) is 6.92 Å². The summed E-state index contributed by atoms with van der Waals surface area (Å²) in [6.45, 7) is 8.18. The van der Waals surface area contributed by atoms with Crippen LogP contribution >= 0.6 is 23.1 Å². The summed E-state index contributed by atoms with van der Waals surface area (Å²) in [5.74, 6) is 2.89. The second-order valence-corrected chi connectivity index (χ2v) is 7.67. The third-order valence-corrected chi connectivity index (χ3v) is 4.86. The van der Waals surface area contributed by atoms with Gasteiger partial charge in [-0.05, 0) is 6.92 Å². The first-order valence-electron chi connectivity index (χ1n) is 6.78. The predicted molar refractivity (Wildman–Crippen MR) is 85.5 cm³/mol. The van der Waals surface area contributed by atoms with Gasteiger partial charge in [0, 0.05) is 23.7 Å². The Hall–Kier alpha value is -0.920. The van der Waals surface area contributed by atoms with Crippen molar-refractivity contribution in [3.05, 3.63) is 27.9 Å². The van der Waals surface area contributed by atoms with Crippen molar-refractivity contribution in [1.29, 1.82) is 0 Å². The van der Waals surface area contributed by atoms with Crippen molar-refractivity contribution in [3.63, 3.8) is 0 Å². The normalized spacial score (nSPS) is 13.6. The zero-order valence-corrected chi connectivity index (χ0v) is 14.7. The van der Waals surface area contributed by atoms with Gasteiger partial charge in [0.05, 0.1) is 11.4 Å². The molecule has 1 atom stereocenters. The van der Waals surface area contributed by atoms with Gasteiger partial charge in [-0.25, -0.2) is 4.98 Å². The summed E-state index contributed by atoms with van der Waals surface area (Å²) in [5.41, 5.74) is 0.968. The number of thiazole rings is 1. The molecule has 21 heavy (non-hydrogen) atoms. The van der Waals surface area contributed by atoms with Gasteiger partial charge in [-0.3, -0.25) is 0 Å². The number of aromatic nitrogens is 3. The average molecular weight is 327 g/mol. The highest BCUT2D eigenvalue weighted by molar-refractivity contribution is 7.97. The predicted octanol–water partition coefficient (Wildman–Crippen LogP) is 3.96. The van der Waals surface area contributed by atoms with Crippen molar-refractivity contribution >= 4 is 23.1 Å². The minimum atomic E-state index is -0.101. The first-order valence-corrected chi connectivity index (χ1v) is 8.81. The molecule has 5 nitrogen and oxygen atoms in total. The van der Waals surface area contributed by atoms with E-state index in [2.05, 4.69) is 41.3 Å². The summed E-state index contributed by atoms with van der Waals surface area (Å²) in [4.78, 5) is 4.56. The van der Waals surface area contributed by atoms with Gasteiger partial charge in [0.2, 0.25) is 11.8 Å². The van der Waals surface area contributed by atoms with Crippen molar-refractivity contribution in [2.45, 2.75) is 50.7 Å². The smallest absolute Gasteiger partial charge is 0.226 e. The highest BCUT2D eigenvalue weighted by Crippen LogP contribution is 2.25. The summed E-state index contributed by atoms with van der Waals surface area (Å²) in [6, 6.07) is 0. The summed E-state index contributed by atoms with van der Waals surface area (Å²) in [6.07, 6.45) is 0.0547. The molecule has 0 radical (unpaired) electrons. The molecule has 2 rings (SSSR count). The molecular formula is C14H21N3O2S2. The third-order valence-electron chi connectivity index (χ3n) is 2.85. The lowest BCUT2D eigenvalue weighted by Crippen LogP contribution is -2.11. The molecule has 0 aliphatic heterocycles. The van der Waals surface area contributed by atoms with Crippen LogP contribution in [0.3, 0.4) is 0 Å². The second kappa shape index (κ2) is 6.89. The maximum atomic E-state index is 5.67. The number of thioether (sulfide) groups is 1. The van der Waals surface area contributed by atoms with E-state index in [4.69, 9.17) is 9.15 Å². The van der Waals surface area contributed by atoms with Crippen LogP contribution in [0.5, 0.6) is 0 Å². The molecule has 0 N–H and O–H groups in total. The van der Waals surface area contributed by atoms with E-state index in [-0.39, 0.29) is 11.5 Å². The molecule has 2 heterocycles. The van der Waals surface area contributed by atoms with Crippen LogP contribution in [0.1, 0.15) is 56.3 Å². The summed E-state index contributed by atoms with van der Waals surface area (Å²) < 4.78 is 10.9. The quantitative estimate of drug-likeness (QED) is 0.800. The Morgan fingerprint density at radius 3 is 2.71 bits per heavy atom. The fourth-order valence-electron chi connectivity index (χ4n) is 1.53. The van der Waals surface area contributed by atoms with Crippen LogP contribution in [0.25, 0.3) is 0 Å². The molecular weight excluding hydrogens is 306 g/mol. The Balaban J connectivity index is 1.84. The van der Waals surface area contributed by atoms with Crippen molar-refractivity contribution in [2.75, 3.05) is 7.11 Å². The molecule has 0 aliphatic carbocycles. The Bertz CT molecular complexity index is 575. The molecule has 0 saturated heterocycles. The zero-order chi connectivity index (χ0) is 15.5. The number of hydrogen-bond acceptors (Lipinski definition) is 7. The molecule has 7 heteroatoms. The van der Waals surface area contributed by atoms with Gasteiger partial charge < -0.3 is 9.15 Å². The molecule has 0 spiro atoms. The topological polar surface area (TPSA) is 61.0 Å². The standard InChI is InChI=1S/C14H21N3O2S2/c1-9(18-5)12-15-10(7-21-12)6-20-8-11-16-17-13(19-11)14(2,3)4/h7,9H,6,8H2,1-5H3/t9-/m1/s1. The molecule has 0 saturated carbocycles. The van der Waals surface area contributed by atoms with E-state index in [1.54, 1.807) is 30.2 Å². The molecule has 0 aliphatic rings. The van der Waals surface area contributed by atoms with Gasteiger partial charge in [0.1, 0.15) is 11.1 Å². The number of nitrogens with zero attached hydrogens (tertiary/aromatic N) is 3. The molecule has 0 bridgehead atoms. The van der Waals surface area contributed by atoms with E-state index < -0.39 is 0 Å². The van der Waals surface area contributed by atoms with Crippen LogP contribution in [-0.2, 0) is 21.7 Å². The molecule has 2 aromatic rings.